The summed E-state index contributed by atoms with van der Waals surface area (Å²) in [4.78, 5) is 0. The van der Waals surface area contributed by atoms with Crippen LogP contribution in [0.2, 0.25) is 0 Å². The zero-order valence-electron chi connectivity index (χ0n) is 9.38. The second kappa shape index (κ2) is 4.84. The third-order valence-corrected chi connectivity index (χ3v) is 3.14. The minimum atomic E-state index is -4.63. The first-order valence-corrected chi connectivity index (χ1v) is 5.90. The summed E-state index contributed by atoms with van der Waals surface area (Å²) in [5, 5.41) is 3.84. The van der Waals surface area contributed by atoms with Gasteiger partial charge in [0.2, 0.25) is 0 Å². The number of hydrogen-bond acceptors (Lipinski definition) is 2. The van der Waals surface area contributed by atoms with Crippen molar-refractivity contribution < 1.29 is 17.6 Å². The fourth-order valence-corrected chi connectivity index (χ4v) is 1.91. The zero-order valence-corrected chi connectivity index (χ0v) is 11.0. The lowest BCUT2D eigenvalue weighted by Gasteiger charge is -2.13. The van der Waals surface area contributed by atoms with Crippen molar-refractivity contribution in [3.63, 3.8) is 0 Å². The highest BCUT2D eigenvalue weighted by molar-refractivity contribution is 9.10. The molecular weight excluding hydrogens is 330 g/mol. The van der Waals surface area contributed by atoms with Crippen LogP contribution in [0.25, 0.3) is 0 Å². The quantitative estimate of drug-likeness (QED) is 0.853. The molecule has 0 aliphatic rings. The molecule has 2 aromatic rings. The van der Waals surface area contributed by atoms with Crippen LogP contribution in [0.5, 0.6) is 0 Å². The van der Waals surface area contributed by atoms with E-state index in [9.17, 15) is 17.6 Å². The predicted octanol–water partition coefficient (Wildman–Crippen LogP) is 3.43. The molecule has 102 valence electrons. The number of hydrogen-bond donors (Lipinski definition) is 1. The lowest BCUT2D eigenvalue weighted by atomic mass is 10.1. The van der Waals surface area contributed by atoms with Crippen molar-refractivity contribution in [1.29, 1.82) is 0 Å². The van der Waals surface area contributed by atoms with Crippen LogP contribution in [0.1, 0.15) is 11.1 Å². The normalized spacial score (nSPS) is 11.8. The average Bonchev–Trinajstić information content (AvgIpc) is 2.62. The lowest BCUT2D eigenvalue weighted by Crippen LogP contribution is -2.14. The Kier molecular flexibility index (Phi) is 3.53. The van der Waals surface area contributed by atoms with Gasteiger partial charge in [0.05, 0.1) is 22.8 Å². The van der Waals surface area contributed by atoms with Crippen molar-refractivity contribution in [2.45, 2.75) is 12.7 Å². The highest BCUT2D eigenvalue weighted by Crippen LogP contribution is 2.33. The number of halogens is 5. The Morgan fingerprint density at radius 1 is 1.32 bits per heavy atom. The van der Waals surface area contributed by atoms with Crippen LogP contribution in [0, 0.1) is 5.82 Å². The summed E-state index contributed by atoms with van der Waals surface area (Å²) in [7, 11) is 0. The molecule has 3 nitrogen and oxygen atoms in total. The molecule has 1 aromatic carbocycles. The summed E-state index contributed by atoms with van der Waals surface area (Å²) in [6, 6.07) is 2.51. The molecule has 0 bridgehead atoms. The van der Waals surface area contributed by atoms with E-state index in [-0.39, 0.29) is 17.9 Å². The number of aromatic nitrogens is 2. The number of nitrogens with zero attached hydrogens (tertiary/aromatic N) is 2. The minimum Gasteiger partial charge on any atom is -0.383 e. The third-order valence-electron chi connectivity index (χ3n) is 2.53. The summed E-state index contributed by atoms with van der Waals surface area (Å²) in [6.07, 6.45) is -3.25. The molecule has 0 fully saturated rings. The molecule has 0 radical (unpaired) electrons. The Labute approximate surface area is 114 Å². The Bertz CT molecular complexity index is 606. The Hall–Kier alpha value is -1.57. The van der Waals surface area contributed by atoms with Gasteiger partial charge >= 0.3 is 6.18 Å². The van der Waals surface area contributed by atoms with Gasteiger partial charge in [-0.15, -0.1) is 0 Å². The van der Waals surface area contributed by atoms with Gasteiger partial charge in [0.15, 0.2) is 0 Å². The van der Waals surface area contributed by atoms with Gasteiger partial charge in [-0.1, -0.05) is 6.07 Å². The molecule has 0 atom stereocenters. The lowest BCUT2D eigenvalue weighted by molar-refractivity contribution is -0.138. The van der Waals surface area contributed by atoms with Crippen LogP contribution in [-0.4, -0.2) is 9.78 Å². The predicted molar refractivity (Wildman–Crippen MR) is 64.8 cm³/mol. The summed E-state index contributed by atoms with van der Waals surface area (Å²) >= 11 is 3.11. The second-order valence-corrected chi connectivity index (χ2v) is 4.69. The maximum atomic E-state index is 12.9. The molecule has 0 unspecified atom stereocenters. The van der Waals surface area contributed by atoms with E-state index in [1.165, 1.54) is 10.9 Å². The molecule has 1 aromatic heterocycles. The number of nitrogen functional groups attached to an aromatic ring is 1. The first kappa shape index (κ1) is 13.9. The van der Waals surface area contributed by atoms with Crippen molar-refractivity contribution in [3.8, 4) is 0 Å². The van der Waals surface area contributed by atoms with Crippen LogP contribution in [0.15, 0.2) is 28.9 Å². The van der Waals surface area contributed by atoms with Crippen molar-refractivity contribution in [3.05, 3.63) is 45.8 Å². The van der Waals surface area contributed by atoms with E-state index in [4.69, 9.17) is 5.73 Å². The minimum absolute atomic E-state index is 0.101. The molecule has 19 heavy (non-hydrogen) atoms. The molecule has 2 rings (SSSR count). The van der Waals surface area contributed by atoms with E-state index < -0.39 is 17.6 Å². The molecule has 8 heteroatoms. The van der Waals surface area contributed by atoms with E-state index in [2.05, 4.69) is 21.0 Å². The fourth-order valence-electron chi connectivity index (χ4n) is 1.61. The monoisotopic (exact) mass is 337 g/mol. The van der Waals surface area contributed by atoms with E-state index in [0.717, 1.165) is 12.1 Å². The number of alkyl halides is 3. The maximum Gasteiger partial charge on any atom is 0.416 e. The van der Waals surface area contributed by atoms with Crippen LogP contribution in [-0.2, 0) is 12.7 Å². The van der Waals surface area contributed by atoms with Gasteiger partial charge in [-0.2, -0.15) is 18.3 Å². The number of benzene rings is 1. The molecule has 0 saturated heterocycles. The highest BCUT2D eigenvalue weighted by atomic mass is 79.9. The third kappa shape index (κ3) is 2.89. The largest absolute Gasteiger partial charge is 0.416 e. The van der Waals surface area contributed by atoms with Gasteiger partial charge in [-0.25, -0.2) is 9.07 Å². The topological polar surface area (TPSA) is 43.8 Å². The molecule has 2 N–H and O–H groups in total. The van der Waals surface area contributed by atoms with Crippen molar-refractivity contribution >= 4 is 21.7 Å². The van der Waals surface area contributed by atoms with E-state index in [0.29, 0.717) is 10.5 Å². The number of anilines is 1. The van der Waals surface area contributed by atoms with Gasteiger partial charge in [-0.05, 0) is 33.6 Å². The summed E-state index contributed by atoms with van der Waals surface area (Å²) in [5.74, 6) is -0.733. The second-order valence-electron chi connectivity index (χ2n) is 3.83. The number of rotatable bonds is 2. The van der Waals surface area contributed by atoms with Gasteiger partial charge in [-0.3, -0.25) is 0 Å². The van der Waals surface area contributed by atoms with E-state index in [1.54, 1.807) is 0 Å². The van der Waals surface area contributed by atoms with Crippen LogP contribution in [0.3, 0.4) is 0 Å². The van der Waals surface area contributed by atoms with Crippen molar-refractivity contribution in [1.82, 2.24) is 9.78 Å². The number of nitrogens with two attached hydrogens (primary N) is 1. The summed E-state index contributed by atoms with van der Waals surface area (Å²) < 4.78 is 53.0. The zero-order chi connectivity index (χ0) is 14.2. The molecule has 0 amide bonds. The SMILES string of the molecule is Nc1c(Br)cnn1Cc1ccc(F)cc1C(F)(F)F. The molecule has 0 saturated carbocycles. The molecule has 0 spiro atoms. The van der Waals surface area contributed by atoms with E-state index in [1.807, 2.05) is 0 Å². The van der Waals surface area contributed by atoms with Gasteiger partial charge < -0.3 is 5.73 Å². The molecular formula is C11H8BrF4N3. The van der Waals surface area contributed by atoms with Crippen molar-refractivity contribution in [2.24, 2.45) is 0 Å². The standard InChI is InChI=1S/C11H8BrF4N3/c12-9-4-18-19(10(9)17)5-6-1-2-7(13)3-8(6)11(14,15)16/h1-4H,5,17H2. The first-order chi connectivity index (χ1) is 8.79. The molecule has 0 aliphatic carbocycles. The molecule has 1 heterocycles. The van der Waals surface area contributed by atoms with E-state index >= 15 is 0 Å². The van der Waals surface area contributed by atoms with Crippen LogP contribution < -0.4 is 5.73 Å². The first-order valence-electron chi connectivity index (χ1n) is 5.11. The molecule has 0 aliphatic heterocycles. The summed E-state index contributed by atoms with van der Waals surface area (Å²) in [5.41, 5.74) is 4.51. The Morgan fingerprint density at radius 3 is 2.53 bits per heavy atom. The fraction of sp³-hybridized carbons (Fsp3) is 0.182. The summed E-state index contributed by atoms with van der Waals surface area (Å²) in [6.45, 7) is -0.188. The van der Waals surface area contributed by atoms with Crippen molar-refractivity contribution in [2.75, 3.05) is 5.73 Å². The van der Waals surface area contributed by atoms with Gasteiger partial charge in [0.25, 0.3) is 0 Å². The van der Waals surface area contributed by atoms with Gasteiger partial charge in [0, 0.05) is 0 Å². The van der Waals surface area contributed by atoms with Gasteiger partial charge in [0.1, 0.15) is 11.6 Å². The maximum absolute atomic E-state index is 12.9. The average molecular weight is 338 g/mol. The van der Waals surface area contributed by atoms with Crippen LogP contribution in [0.4, 0.5) is 23.4 Å². The Balaban J connectivity index is 2.43. The highest BCUT2D eigenvalue weighted by Gasteiger charge is 2.33. The Morgan fingerprint density at radius 2 is 2.00 bits per heavy atom. The smallest absolute Gasteiger partial charge is 0.383 e. The van der Waals surface area contributed by atoms with Crippen LogP contribution >= 0.6 is 15.9 Å².